The molecule has 2 bridgehead atoms. The number of methoxy groups -OCH3 is 2. The minimum atomic E-state index is -0.372. The molecule has 0 spiro atoms. The molecule has 1 aliphatic carbocycles. The number of nitrogens with two attached hydrogens (primary N) is 1. The van der Waals surface area contributed by atoms with Gasteiger partial charge in [0.2, 0.25) is 5.78 Å². The molecule has 0 aromatic heterocycles. The van der Waals surface area contributed by atoms with Crippen LogP contribution in [0.15, 0.2) is 28.5 Å². The zero-order chi connectivity index (χ0) is 28.5. The van der Waals surface area contributed by atoms with Crippen LogP contribution in [0.25, 0.3) is 0 Å². The summed E-state index contributed by atoms with van der Waals surface area (Å²) in [5.74, 6) is 1.33. The maximum absolute atomic E-state index is 13.3. The molecular weight excluding hydrogens is 502 g/mol. The summed E-state index contributed by atoms with van der Waals surface area (Å²) in [6.45, 7) is 10.5. The van der Waals surface area contributed by atoms with Crippen LogP contribution >= 0.6 is 12.6 Å². The molecule has 4 aliphatic rings. The van der Waals surface area contributed by atoms with Gasteiger partial charge in [-0.15, -0.1) is 0 Å². The van der Waals surface area contributed by atoms with Crippen LogP contribution in [0, 0.1) is 6.92 Å². The van der Waals surface area contributed by atoms with Crippen molar-refractivity contribution >= 4 is 24.2 Å². The molecule has 3 heterocycles. The molecule has 1 saturated heterocycles. The first-order chi connectivity index (χ1) is 18.2. The van der Waals surface area contributed by atoms with E-state index in [4.69, 9.17) is 15.2 Å². The quantitative estimate of drug-likeness (QED) is 0.392. The SMILES string of the molecule is CC.CCS.COC1=C(C)C(=O)C2=C(C1=O)C(CN)N1CC3Cc4cc(C)c(OC)c(O)c4C(C1C2)N3C. The smallest absolute Gasteiger partial charge is 0.225 e. The number of hydrogen-bond acceptors (Lipinski definition) is 9. The molecule has 3 aliphatic heterocycles. The molecule has 4 unspecified atom stereocenters. The highest BCUT2D eigenvalue weighted by atomic mass is 32.1. The first-order valence-electron chi connectivity index (χ1n) is 13.4. The van der Waals surface area contributed by atoms with Crippen molar-refractivity contribution in [3.63, 3.8) is 0 Å². The number of hydrogen-bond donors (Lipinski definition) is 3. The number of phenolic OH excluding ortho intramolecular Hbond substituents is 1. The van der Waals surface area contributed by atoms with Crippen LogP contribution in [-0.2, 0) is 20.7 Å². The lowest BCUT2D eigenvalue weighted by Gasteiger charge is -2.58. The molecular formula is C29H43N3O5S. The van der Waals surface area contributed by atoms with Gasteiger partial charge in [-0.2, -0.15) is 12.6 Å². The van der Waals surface area contributed by atoms with Crippen molar-refractivity contribution in [2.75, 3.05) is 40.1 Å². The molecule has 9 heteroatoms. The van der Waals surface area contributed by atoms with Crippen molar-refractivity contribution < 1.29 is 24.2 Å². The number of piperazine rings is 1. The lowest BCUT2D eigenvalue weighted by atomic mass is 9.71. The average Bonchev–Trinajstić information content (AvgIpc) is 2.89. The van der Waals surface area contributed by atoms with Gasteiger partial charge in [-0.3, -0.25) is 19.4 Å². The molecule has 1 fully saturated rings. The number of carbonyl (C=O) groups is 2. The molecule has 1 aromatic carbocycles. The summed E-state index contributed by atoms with van der Waals surface area (Å²) in [4.78, 5) is 31.2. The third kappa shape index (κ3) is 4.68. The fourth-order valence-electron chi connectivity index (χ4n) is 6.57. The number of fused-ring (bicyclic) bond motifs is 6. The number of aryl methyl sites for hydroxylation is 1. The van der Waals surface area contributed by atoms with Gasteiger partial charge in [0, 0.05) is 47.5 Å². The molecule has 0 saturated carbocycles. The molecule has 38 heavy (non-hydrogen) atoms. The third-order valence-corrected chi connectivity index (χ3v) is 8.05. The van der Waals surface area contributed by atoms with Gasteiger partial charge in [-0.1, -0.05) is 26.8 Å². The fourth-order valence-corrected chi connectivity index (χ4v) is 6.57. The van der Waals surface area contributed by atoms with Gasteiger partial charge in [0.25, 0.3) is 0 Å². The molecule has 5 rings (SSSR count). The molecule has 3 N–H and O–H groups in total. The second kappa shape index (κ2) is 12.2. The molecule has 0 radical (unpaired) electrons. The number of thiol groups is 1. The average molecular weight is 546 g/mol. The second-order valence-electron chi connectivity index (χ2n) is 9.86. The van der Waals surface area contributed by atoms with E-state index in [1.165, 1.54) is 7.11 Å². The predicted octanol–water partition coefficient (Wildman–Crippen LogP) is 3.35. The minimum absolute atomic E-state index is 0.107. The number of nitrogens with zero attached hydrogens (tertiary/aromatic N) is 2. The molecule has 1 aromatic rings. The number of rotatable bonds is 3. The van der Waals surface area contributed by atoms with Gasteiger partial charge in [-0.05, 0) is 50.6 Å². The summed E-state index contributed by atoms with van der Waals surface area (Å²) in [7, 11) is 5.06. The topological polar surface area (TPSA) is 105 Å². The normalized spacial score (nSPS) is 26.4. The van der Waals surface area contributed by atoms with Crippen LogP contribution in [0.2, 0.25) is 0 Å². The van der Waals surface area contributed by atoms with E-state index in [-0.39, 0.29) is 53.8 Å². The first kappa shape index (κ1) is 30.2. The van der Waals surface area contributed by atoms with E-state index in [2.05, 4.69) is 35.5 Å². The zero-order valence-electron chi connectivity index (χ0n) is 23.9. The summed E-state index contributed by atoms with van der Waals surface area (Å²) in [6, 6.07) is 1.68. The number of ketones is 2. The van der Waals surface area contributed by atoms with Gasteiger partial charge in [0.05, 0.1) is 26.3 Å². The van der Waals surface area contributed by atoms with Crippen LogP contribution < -0.4 is 10.5 Å². The van der Waals surface area contributed by atoms with E-state index >= 15 is 0 Å². The monoisotopic (exact) mass is 545 g/mol. The Morgan fingerprint density at radius 2 is 1.76 bits per heavy atom. The van der Waals surface area contributed by atoms with Crippen LogP contribution in [0.3, 0.4) is 0 Å². The number of ether oxygens (including phenoxy) is 2. The van der Waals surface area contributed by atoms with Crippen molar-refractivity contribution in [2.45, 2.75) is 71.6 Å². The maximum atomic E-state index is 13.3. The van der Waals surface area contributed by atoms with E-state index < -0.39 is 0 Å². The van der Waals surface area contributed by atoms with Gasteiger partial charge in [0.1, 0.15) is 0 Å². The predicted molar refractivity (Wildman–Crippen MR) is 153 cm³/mol. The van der Waals surface area contributed by atoms with Gasteiger partial charge >= 0.3 is 0 Å². The van der Waals surface area contributed by atoms with Gasteiger partial charge in [0.15, 0.2) is 23.0 Å². The number of benzene rings is 1. The van der Waals surface area contributed by atoms with Crippen LogP contribution in [0.5, 0.6) is 11.5 Å². The number of phenols is 1. The van der Waals surface area contributed by atoms with Crippen molar-refractivity contribution in [1.82, 2.24) is 9.80 Å². The zero-order valence-corrected chi connectivity index (χ0v) is 24.8. The van der Waals surface area contributed by atoms with Crippen LogP contribution in [0.1, 0.15) is 56.8 Å². The lowest BCUT2D eigenvalue weighted by molar-refractivity contribution is -0.121. The highest BCUT2D eigenvalue weighted by molar-refractivity contribution is 7.80. The van der Waals surface area contributed by atoms with Crippen molar-refractivity contribution in [2.24, 2.45) is 5.73 Å². The molecule has 4 atom stereocenters. The third-order valence-electron chi connectivity index (χ3n) is 8.05. The van der Waals surface area contributed by atoms with Gasteiger partial charge < -0.3 is 20.3 Å². The Labute approximate surface area is 232 Å². The van der Waals surface area contributed by atoms with E-state index in [1.54, 1.807) is 14.0 Å². The lowest BCUT2D eigenvalue weighted by Crippen LogP contribution is -2.67. The van der Waals surface area contributed by atoms with Gasteiger partial charge in [-0.25, -0.2) is 0 Å². The summed E-state index contributed by atoms with van der Waals surface area (Å²) < 4.78 is 10.8. The Balaban J connectivity index is 0.000000748. The second-order valence-corrected chi connectivity index (χ2v) is 10.5. The van der Waals surface area contributed by atoms with E-state index in [1.807, 2.05) is 27.7 Å². The summed E-state index contributed by atoms with van der Waals surface area (Å²) in [5, 5.41) is 11.2. The minimum Gasteiger partial charge on any atom is -0.504 e. The van der Waals surface area contributed by atoms with Crippen LogP contribution in [0.4, 0.5) is 0 Å². The van der Waals surface area contributed by atoms with Crippen LogP contribution in [-0.4, -0.2) is 84.7 Å². The number of aromatic hydroxyl groups is 1. The number of likely N-dealkylation sites (N-methyl/N-ethyl adjacent to an activating group) is 1. The Morgan fingerprint density at radius 3 is 2.32 bits per heavy atom. The summed E-state index contributed by atoms with van der Waals surface area (Å²) in [5.41, 5.74) is 10.5. The Kier molecular flexibility index (Phi) is 9.73. The van der Waals surface area contributed by atoms with E-state index in [9.17, 15) is 14.7 Å². The molecule has 8 nitrogen and oxygen atoms in total. The summed E-state index contributed by atoms with van der Waals surface area (Å²) in [6.07, 6.45) is 1.20. The molecule has 210 valence electrons. The highest BCUT2D eigenvalue weighted by Gasteiger charge is 2.53. The number of allylic oxidation sites excluding steroid dienone is 2. The fraction of sp³-hybridized carbons (Fsp3) is 0.586. The van der Waals surface area contributed by atoms with Crippen molar-refractivity contribution in [3.8, 4) is 11.5 Å². The van der Waals surface area contributed by atoms with Crippen molar-refractivity contribution in [1.29, 1.82) is 0 Å². The standard InChI is InChI=1S/C25H31N3O5.C2H6S.C2H6/c1-11-6-13-7-14-10-28-16(20(27(14)3)18(13)22(30)24(11)32-4)8-15-19(17(28)9-26)23(31)25(33-5)12(2)21(15)29;1-2-3;1-2/h6,14,16-17,20,30H,7-10,26H2,1-5H3;3H,2H2,1H3;1-2H3. The Hall–Kier alpha value is -2.33. The summed E-state index contributed by atoms with van der Waals surface area (Å²) >= 11 is 3.79. The largest absolute Gasteiger partial charge is 0.504 e. The maximum Gasteiger partial charge on any atom is 0.225 e. The number of carbonyl (C=O) groups excluding carboxylic acids is 2. The highest BCUT2D eigenvalue weighted by Crippen LogP contribution is 2.52. The number of Topliss-reactive ketones (excluding diaryl/α,β-unsaturated/α-hetero) is 2. The van der Waals surface area contributed by atoms with E-state index in [0.29, 0.717) is 28.9 Å². The Morgan fingerprint density at radius 1 is 1.13 bits per heavy atom. The first-order valence-corrected chi connectivity index (χ1v) is 14.0. The molecule has 0 amide bonds. The Bertz CT molecular complexity index is 1160. The van der Waals surface area contributed by atoms with Crippen molar-refractivity contribution in [3.05, 3.63) is 45.2 Å². The van der Waals surface area contributed by atoms with E-state index in [0.717, 1.165) is 35.4 Å².